The molecule has 0 atom stereocenters. The van der Waals surface area contributed by atoms with Crippen LogP contribution in [0.1, 0.15) is 16.2 Å². The Balaban J connectivity index is 1.47. The van der Waals surface area contributed by atoms with Gasteiger partial charge in [-0.1, -0.05) is 29.8 Å². The van der Waals surface area contributed by atoms with Crippen molar-refractivity contribution in [3.63, 3.8) is 0 Å². The smallest absolute Gasteiger partial charge is 0.257 e. The number of nitrogens with zero attached hydrogens (tertiary/aromatic N) is 2. The zero-order valence-corrected chi connectivity index (χ0v) is 15.8. The van der Waals surface area contributed by atoms with E-state index >= 15 is 0 Å². The highest BCUT2D eigenvalue weighted by Crippen LogP contribution is 2.14. The summed E-state index contributed by atoms with van der Waals surface area (Å²) in [7, 11) is 1.82. The molecule has 0 aliphatic heterocycles. The van der Waals surface area contributed by atoms with Crippen molar-refractivity contribution in [2.75, 3.05) is 6.54 Å². The molecule has 0 radical (unpaired) electrons. The summed E-state index contributed by atoms with van der Waals surface area (Å²) in [5, 5.41) is 2.87. The van der Waals surface area contributed by atoms with Crippen molar-refractivity contribution in [3.8, 4) is 0 Å². The minimum atomic E-state index is -0.561. The second kappa shape index (κ2) is 8.53. The molecule has 1 aromatic heterocycles. The molecule has 3 rings (SSSR count). The molecule has 3 N–H and O–H groups in total. The maximum absolute atomic E-state index is 12.1. The van der Waals surface area contributed by atoms with Gasteiger partial charge in [-0.05, 0) is 30.3 Å². The van der Waals surface area contributed by atoms with Gasteiger partial charge in [0.15, 0.2) is 0 Å². The van der Waals surface area contributed by atoms with E-state index in [1.807, 2.05) is 35.9 Å². The summed E-state index contributed by atoms with van der Waals surface area (Å²) >= 11 is 5.83. The van der Waals surface area contributed by atoms with E-state index in [2.05, 4.69) is 21.2 Å². The fourth-order valence-corrected chi connectivity index (χ4v) is 2.81. The molecule has 0 spiro atoms. The Morgan fingerprint density at radius 1 is 1.04 bits per heavy atom. The summed E-state index contributed by atoms with van der Waals surface area (Å²) in [6.45, 7) is -0.294. The predicted octanol–water partition coefficient (Wildman–Crippen LogP) is 1.35. The molecule has 2 aromatic carbocycles. The average Bonchev–Trinajstić information content (AvgIpc) is 3.00. The number of nitrogens with one attached hydrogen (secondary N) is 3. The summed E-state index contributed by atoms with van der Waals surface area (Å²) in [5.41, 5.74) is 6.61. The van der Waals surface area contributed by atoms with E-state index in [1.54, 1.807) is 18.2 Å². The molecule has 0 bridgehead atoms. The van der Waals surface area contributed by atoms with Crippen LogP contribution < -0.4 is 16.2 Å². The van der Waals surface area contributed by atoms with Gasteiger partial charge in [-0.15, -0.1) is 0 Å². The number of carbonyl (C=O) groups is 3. The third kappa shape index (κ3) is 4.66. The van der Waals surface area contributed by atoms with Crippen molar-refractivity contribution >= 4 is 40.4 Å². The SMILES string of the molecule is Cn1c(CC(=O)NNC(=O)CNC(=O)c2cccc(Cl)c2)nc2ccccc21. The van der Waals surface area contributed by atoms with Crippen molar-refractivity contribution in [2.45, 2.75) is 6.42 Å². The topological polar surface area (TPSA) is 105 Å². The minimum Gasteiger partial charge on any atom is -0.343 e. The van der Waals surface area contributed by atoms with Crippen LogP contribution in [0.3, 0.4) is 0 Å². The standard InChI is InChI=1S/C19H18ClN5O3/c1-25-15-8-3-2-7-14(15)22-16(25)10-17(26)23-24-18(27)11-21-19(28)12-5-4-6-13(20)9-12/h2-9H,10-11H2,1H3,(H,21,28)(H,23,26)(H,24,27). The van der Waals surface area contributed by atoms with Gasteiger partial charge in [0.05, 0.1) is 24.0 Å². The van der Waals surface area contributed by atoms with E-state index < -0.39 is 17.7 Å². The molecule has 0 saturated carbocycles. The van der Waals surface area contributed by atoms with E-state index in [0.29, 0.717) is 16.4 Å². The number of aryl methyl sites for hydroxylation is 1. The second-order valence-corrected chi connectivity index (χ2v) is 6.48. The van der Waals surface area contributed by atoms with Crippen molar-refractivity contribution in [3.05, 3.63) is 64.9 Å². The van der Waals surface area contributed by atoms with Crippen LogP contribution in [-0.4, -0.2) is 33.8 Å². The molecule has 1 heterocycles. The number of carbonyl (C=O) groups excluding carboxylic acids is 3. The lowest BCUT2D eigenvalue weighted by molar-refractivity contribution is -0.128. The van der Waals surface area contributed by atoms with Crippen molar-refractivity contribution in [1.29, 1.82) is 0 Å². The number of hydrazine groups is 1. The first kappa shape index (κ1) is 19.4. The molecular formula is C19H18ClN5O3. The molecule has 3 amide bonds. The number of para-hydroxylation sites is 2. The summed E-state index contributed by atoms with van der Waals surface area (Å²) in [5.74, 6) is -0.854. The van der Waals surface area contributed by atoms with Gasteiger partial charge in [0.25, 0.3) is 11.8 Å². The molecule has 144 valence electrons. The Labute approximate surface area is 165 Å². The van der Waals surface area contributed by atoms with Gasteiger partial charge in [-0.3, -0.25) is 25.2 Å². The highest BCUT2D eigenvalue weighted by atomic mass is 35.5. The van der Waals surface area contributed by atoms with Crippen LogP contribution in [0.4, 0.5) is 0 Å². The van der Waals surface area contributed by atoms with Crippen molar-refractivity contribution < 1.29 is 14.4 Å². The third-order valence-corrected chi connectivity index (χ3v) is 4.27. The summed E-state index contributed by atoms with van der Waals surface area (Å²) in [6.07, 6.45) is 0.000331. The number of hydrogen-bond donors (Lipinski definition) is 3. The lowest BCUT2D eigenvalue weighted by Crippen LogP contribution is -2.47. The zero-order valence-electron chi connectivity index (χ0n) is 15.0. The van der Waals surface area contributed by atoms with Crippen LogP contribution >= 0.6 is 11.6 Å². The molecule has 28 heavy (non-hydrogen) atoms. The Kier molecular flexibility index (Phi) is 5.90. The van der Waals surface area contributed by atoms with Gasteiger partial charge in [0.2, 0.25) is 5.91 Å². The van der Waals surface area contributed by atoms with Crippen molar-refractivity contribution in [1.82, 2.24) is 25.7 Å². The van der Waals surface area contributed by atoms with Crippen LogP contribution in [0, 0.1) is 0 Å². The van der Waals surface area contributed by atoms with Crippen LogP contribution in [-0.2, 0) is 23.1 Å². The van der Waals surface area contributed by atoms with Crippen molar-refractivity contribution in [2.24, 2.45) is 7.05 Å². The van der Waals surface area contributed by atoms with Gasteiger partial charge in [-0.25, -0.2) is 4.98 Å². The number of benzene rings is 2. The number of hydrogen-bond acceptors (Lipinski definition) is 4. The van der Waals surface area contributed by atoms with E-state index in [1.165, 1.54) is 6.07 Å². The Hall–Kier alpha value is -3.39. The second-order valence-electron chi connectivity index (χ2n) is 6.04. The molecule has 9 heteroatoms. The lowest BCUT2D eigenvalue weighted by Gasteiger charge is -2.09. The lowest BCUT2D eigenvalue weighted by atomic mass is 10.2. The largest absolute Gasteiger partial charge is 0.343 e. The molecule has 0 aliphatic carbocycles. The zero-order chi connectivity index (χ0) is 20.1. The summed E-state index contributed by atoms with van der Waals surface area (Å²) in [6, 6.07) is 13.9. The highest BCUT2D eigenvalue weighted by molar-refractivity contribution is 6.31. The monoisotopic (exact) mass is 399 g/mol. The molecule has 8 nitrogen and oxygen atoms in total. The van der Waals surface area contributed by atoms with E-state index in [4.69, 9.17) is 11.6 Å². The average molecular weight is 400 g/mol. The first-order chi connectivity index (χ1) is 13.4. The van der Waals surface area contributed by atoms with Gasteiger partial charge < -0.3 is 9.88 Å². The van der Waals surface area contributed by atoms with Crippen LogP contribution in [0.15, 0.2) is 48.5 Å². The normalized spacial score (nSPS) is 10.5. The third-order valence-electron chi connectivity index (χ3n) is 4.04. The van der Waals surface area contributed by atoms with Gasteiger partial charge >= 0.3 is 0 Å². The van der Waals surface area contributed by atoms with E-state index in [9.17, 15) is 14.4 Å². The number of halogens is 1. The fourth-order valence-electron chi connectivity index (χ4n) is 2.62. The number of amides is 3. The Morgan fingerprint density at radius 2 is 1.79 bits per heavy atom. The van der Waals surface area contributed by atoms with Gasteiger partial charge in [0, 0.05) is 17.6 Å². The van der Waals surface area contributed by atoms with Gasteiger partial charge in [0.1, 0.15) is 5.82 Å². The number of fused-ring (bicyclic) bond motifs is 1. The Bertz CT molecular complexity index is 1050. The quantitative estimate of drug-likeness (QED) is 0.563. The number of aromatic nitrogens is 2. The maximum atomic E-state index is 12.1. The van der Waals surface area contributed by atoms with Crippen LogP contribution in [0.25, 0.3) is 11.0 Å². The number of imidazole rings is 1. The minimum absolute atomic E-state index is 0.000331. The first-order valence-electron chi connectivity index (χ1n) is 8.46. The predicted molar refractivity (Wildman–Crippen MR) is 104 cm³/mol. The fraction of sp³-hybridized carbons (Fsp3) is 0.158. The van der Waals surface area contributed by atoms with E-state index in [0.717, 1.165) is 11.0 Å². The van der Waals surface area contributed by atoms with Crippen LogP contribution in [0.2, 0.25) is 5.02 Å². The Morgan fingerprint density at radius 3 is 2.54 bits per heavy atom. The molecule has 0 aliphatic rings. The molecule has 0 saturated heterocycles. The van der Waals surface area contributed by atoms with Gasteiger partial charge in [-0.2, -0.15) is 0 Å². The highest BCUT2D eigenvalue weighted by Gasteiger charge is 2.13. The summed E-state index contributed by atoms with van der Waals surface area (Å²) < 4.78 is 1.82. The van der Waals surface area contributed by atoms with Crippen LogP contribution in [0.5, 0.6) is 0 Å². The molecule has 3 aromatic rings. The molecule has 0 fully saturated rings. The molecule has 0 unspecified atom stereocenters. The maximum Gasteiger partial charge on any atom is 0.257 e. The summed E-state index contributed by atoms with van der Waals surface area (Å²) in [4.78, 5) is 40.2. The molecular weight excluding hydrogens is 382 g/mol. The first-order valence-corrected chi connectivity index (χ1v) is 8.83. The van der Waals surface area contributed by atoms with E-state index in [-0.39, 0.29) is 13.0 Å². The number of rotatable bonds is 5.